The number of nitrogens with two attached hydrogens (primary N) is 1. The van der Waals surface area contributed by atoms with Crippen molar-refractivity contribution < 1.29 is 19.1 Å². The minimum absolute atomic E-state index is 0.00609. The number of urea groups is 1. The van der Waals surface area contributed by atoms with Crippen LogP contribution in [0.5, 0.6) is 0 Å². The largest absolute Gasteiger partial charge is 0.468 e. The zero-order valence-corrected chi connectivity index (χ0v) is 15.1. The van der Waals surface area contributed by atoms with E-state index in [0.717, 1.165) is 0 Å². The lowest BCUT2D eigenvalue weighted by Crippen LogP contribution is -2.56. The molecule has 11 nitrogen and oxygen atoms in total. The summed E-state index contributed by atoms with van der Waals surface area (Å²) >= 11 is 0. The molecule has 0 saturated carbocycles. The van der Waals surface area contributed by atoms with Crippen molar-refractivity contribution in [3.63, 3.8) is 0 Å². The van der Waals surface area contributed by atoms with Crippen LogP contribution in [0.1, 0.15) is 0 Å². The number of rotatable bonds is 4. The van der Waals surface area contributed by atoms with Gasteiger partial charge in [0.25, 0.3) is 0 Å². The summed E-state index contributed by atoms with van der Waals surface area (Å²) < 4.78 is 4.63. The number of hydrogen-bond acceptors (Lipinski definition) is 6. The third kappa shape index (κ3) is 5.48. The van der Waals surface area contributed by atoms with E-state index in [1.54, 1.807) is 14.7 Å². The molecule has 0 unspecified atom stereocenters. The van der Waals surface area contributed by atoms with E-state index in [1.165, 1.54) is 7.11 Å². The number of hydrogen-bond donors (Lipinski definition) is 3. The Morgan fingerprint density at radius 1 is 0.962 bits per heavy atom. The van der Waals surface area contributed by atoms with Gasteiger partial charge in [-0.15, -0.1) is 0 Å². The van der Waals surface area contributed by atoms with Crippen LogP contribution in [0.4, 0.5) is 4.79 Å². The van der Waals surface area contributed by atoms with Crippen molar-refractivity contribution in [1.82, 2.24) is 24.9 Å². The lowest BCUT2D eigenvalue weighted by molar-refractivity contribution is -0.142. The Labute approximate surface area is 152 Å². The van der Waals surface area contributed by atoms with E-state index in [2.05, 4.69) is 10.1 Å². The minimum Gasteiger partial charge on any atom is -0.468 e. The first kappa shape index (κ1) is 19.8. The zero-order valence-electron chi connectivity index (χ0n) is 15.1. The fourth-order valence-corrected chi connectivity index (χ4v) is 2.93. The Balaban J connectivity index is 1.67. The molecule has 3 amide bonds. The quantitative estimate of drug-likeness (QED) is 0.284. The zero-order chi connectivity index (χ0) is 19.1. The summed E-state index contributed by atoms with van der Waals surface area (Å²) in [5.74, 6) is -0.424. The molecule has 0 aromatic heterocycles. The summed E-state index contributed by atoms with van der Waals surface area (Å²) in [7, 11) is 1.35. The second-order valence-electron chi connectivity index (χ2n) is 6.25. The van der Waals surface area contributed by atoms with E-state index < -0.39 is 0 Å². The maximum absolute atomic E-state index is 12.2. The number of nitrogens with one attached hydrogen (secondary N) is 2. The van der Waals surface area contributed by atoms with Crippen LogP contribution < -0.4 is 11.1 Å². The molecule has 26 heavy (non-hydrogen) atoms. The van der Waals surface area contributed by atoms with E-state index in [4.69, 9.17) is 11.1 Å². The molecule has 0 bridgehead atoms. The number of guanidine groups is 1. The topological polar surface area (TPSA) is 135 Å². The minimum atomic E-state index is -0.290. The highest BCUT2D eigenvalue weighted by atomic mass is 16.5. The fraction of sp³-hybridized carbons (Fsp3) is 0.733. The monoisotopic (exact) mass is 369 g/mol. The summed E-state index contributed by atoms with van der Waals surface area (Å²) in [6, 6.07) is -0.286. The smallest absolute Gasteiger partial charge is 0.319 e. The Morgan fingerprint density at radius 2 is 1.50 bits per heavy atom. The lowest BCUT2D eigenvalue weighted by atomic mass is 10.3. The van der Waals surface area contributed by atoms with Crippen molar-refractivity contribution in [2.24, 2.45) is 5.73 Å². The van der Waals surface area contributed by atoms with Crippen LogP contribution in [0.25, 0.3) is 0 Å². The average Bonchev–Trinajstić information content (AvgIpc) is 2.66. The molecule has 4 N–H and O–H groups in total. The van der Waals surface area contributed by atoms with E-state index in [9.17, 15) is 14.4 Å². The molecule has 0 spiro atoms. The molecule has 146 valence electrons. The van der Waals surface area contributed by atoms with Gasteiger partial charge in [-0.25, -0.2) is 4.79 Å². The Kier molecular flexibility index (Phi) is 7.01. The number of methoxy groups -OCH3 is 1. The van der Waals surface area contributed by atoms with Crippen LogP contribution in [0, 0.1) is 5.41 Å². The van der Waals surface area contributed by atoms with Crippen LogP contribution in [-0.4, -0.2) is 116 Å². The second kappa shape index (κ2) is 9.22. The van der Waals surface area contributed by atoms with E-state index in [-0.39, 0.29) is 37.0 Å². The molecule has 2 saturated heterocycles. The van der Waals surface area contributed by atoms with Gasteiger partial charge in [0, 0.05) is 52.4 Å². The van der Waals surface area contributed by atoms with Crippen LogP contribution in [0.2, 0.25) is 0 Å². The van der Waals surface area contributed by atoms with Gasteiger partial charge in [-0.1, -0.05) is 0 Å². The SMILES string of the molecule is COC(=O)CN1CCN(C(=O)CNC(=O)N2CCN(C(=N)N)CC2)CC1. The lowest BCUT2D eigenvalue weighted by Gasteiger charge is -2.35. The first-order valence-corrected chi connectivity index (χ1v) is 8.59. The van der Waals surface area contributed by atoms with Crippen molar-refractivity contribution in [1.29, 1.82) is 5.41 Å². The molecule has 0 aromatic rings. The molecule has 0 aliphatic carbocycles. The van der Waals surface area contributed by atoms with Crippen LogP contribution in [-0.2, 0) is 14.3 Å². The molecule has 0 aromatic carbocycles. The van der Waals surface area contributed by atoms with Crippen LogP contribution in [0.15, 0.2) is 0 Å². The van der Waals surface area contributed by atoms with Gasteiger partial charge in [-0.3, -0.25) is 19.9 Å². The highest BCUT2D eigenvalue weighted by Gasteiger charge is 2.25. The third-order valence-electron chi connectivity index (χ3n) is 4.60. The third-order valence-corrected chi connectivity index (χ3v) is 4.60. The summed E-state index contributed by atoms with van der Waals surface area (Å²) in [6.07, 6.45) is 0. The highest BCUT2D eigenvalue weighted by Crippen LogP contribution is 2.03. The van der Waals surface area contributed by atoms with Gasteiger partial charge in [0.15, 0.2) is 5.96 Å². The molecular formula is C15H27N7O4. The van der Waals surface area contributed by atoms with Gasteiger partial charge < -0.3 is 30.5 Å². The summed E-state index contributed by atoms with van der Waals surface area (Å²) in [6.45, 7) is 4.36. The van der Waals surface area contributed by atoms with Crippen molar-refractivity contribution >= 4 is 23.9 Å². The van der Waals surface area contributed by atoms with E-state index in [1.807, 2.05) is 4.90 Å². The average molecular weight is 369 g/mol. The van der Waals surface area contributed by atoms with Crippen molar-refractivity contribution in [2.45, 2.75) is 0 Å². The number of carbonyl (C=O) groups excluding carboxylic acids is 3. The number of amides is 3. The van der Waals surface area contributed by atoms with Crippen LogP contribution in [0.3, 0.4) is 0 Å². The molecule has 2 heterocycles. The van der Waals surface area contributed by atoms with Gasteiger partial charge in [0.05, 0.1) is 20.2 Å². The number of carbonyl (C=O) groups is 3. The molecule has 2 aliphatic heterocycles. The van der Waals surface area contributed by atoms with Gasteiger partial charge in [-0.2, -0.15) is 0 Å². The normalized spacial score (nSPS) is 18.4. The standard InChI is InChI=1S/C15H27N7O4/c1-26-13(24)11-19-2-4-20(5-3-19)12(23)10-18-15(25)22-8-6-21(7-9-22)14(16)17/h2-11H2,1H3,(H3,16,17)(H,18,25). The maximum Gasteiger partial charge on any atom is 0.319 e. The summed E-state index contributed by atoms with van der Waals surface area (Å²) in [4.78, 5) is 42.6. The van der Waals surface area contributed by atoms with Gasteiger partial charge in [0.2, 0.25) is 5.91 Å². The molecule has 2 fully saturated rings. The van der Waals surface area contributed by atoms with Crippen LogP contribution >= 0.6 is 0 Å². The molecule has 2 rings (SSSR count). The maximum atomic E-state index is 12.2. The molecule has 11 heteroatoms. The number of esters is 1. The van der Waals surface area contributed by atoms with Gasteiger partial charge in [0.1, 0.15) is 0 Å². The highest BCUT2D eigenvalue weighted by molar-refractivity contribution is 5.84. The Bertz CT molecular complexity index is 540. The number of piperazine rings is 2. The molecule has 2 aliphatic rings. The van der Waals surface area contributed by atoms with Gasteiger partial charge >= 0.3 is 12.0 Å². The molecular weight excluding hydrogens is 342 g/mol. The van der Waals surface area contributed by atoms with Crippen molar-refractivity contribution in [3.8, 4) is 0 Å². The Hall–Kier alpha value is -2.56. The van der Waals surface area contributed by atoms with E-state index >= 15 is 0 Å². The molecule has 0 radical (unpaired) electrons. The summed E-state index contributed by atoms with van der Waals surface area (Å²) in [5, 5.41) is 10.0. The number of nitrogens with zero attached hydrogens (tertiary/aromatic N) is 4. The predicted octanol–water partition coefficient (Wildman–Crippen LogP) is -2.48. The van der Waals surface area contributed by atoms with E-state index in [0.29, 0.717) is 52.4 Å². The number of ether oxygens (including phenoxy) is 1. The fourth-order valence-electron chi connectivity index (χ4n) is 2.93. The first-order valence-electron chi connectivity index (χ1n) is 8.59. The predicted molar refractivity (Wildman–Crippen MR) is 93.5 cm³/mol. The van der Waals surface area contributed by atoms with Crippen molar-refractivity contribution in [3.05, 3.63) is 0 Å². The Morgan fingerprint density at radius 3 is 2.04 bits per heavy atom. The van der Waals surface area contributed by atoms with Crippen molar-refractivity contribution in [2.75, 3.05) is 72.6 Å². The van der Waals surface area contributed by atoms with Gasteiger partial charge in [-0.05, 0) is 0 Å². The molecule has 0 atom stereocenters. The second-order valence-corrected chi connectivity index (χ2v) is 6.25. The summed E-state index contributed by atoms with van der Waals surface area (Å²) in [5.41, 5.74) is 5.42. The first-order chi connectivity index (χ1) is 12.4.